The van der Waals surface area contributed by atoms with Crippen LogP contribution in [-0.2, 0) is 11.2 Å². The van der Waals surface area contributed by atoms with E-state index in [2.05, 4.69) is 0 Å². The van der Waals surface area contributed by atoms with E-state index >= 15 is 0 Å². The van der Waals surface area contributed by atoms with Crippen molar-refractivity contribution in [1.29, 1.82) is 0 Å². The topological polar surface area (TPSA) is 98.0 Å². The van der Waals surface area contributed by atoms with Crippen molar-refractivity contribution < 1.29 is 25.2 Å². The van der Waals surface area contributed by atoms with E-state index in [0.717, 1.165) is 29.6 Å². The van der Waals surface area contributed by atoms with E-state index in [1.807, 2.05) is 39.0 Å². The second-order valence-corrected chi connectivity index (χ2v) is 8.69. The summed E-state index contributed by atoms with van der Waals surface area (Å²) in [5, 5.41) is 39.2. The predicted octanol–water partition coefficient (Wildman–Crippen LogP) is 5.22. The summed E-state index contributed by atoms with van der Waals surface area (Å²) in [5.41, 5.74) is 5.03. The number of aliphatic hydroxyl groups is 2. The molecule has 0 aliphatic rings. The van der Waals surface area contributed by atoms with Gasteiger partial charge in [0.25, 0.3) is 0 Å². The molecule has 0 bridgehead atoms. The first-order valence-corrected chi connectivity index (χ1v) is 11.0. The molecule has 5 nitrogen and oxygen atoms in total. The van der Waals surface area contributed by atoms with Crippen LogP contribution >= 0.6 is 0 Å². The summed E-state index contributed by atoms with van der Waals surface area (Å²) in [6.07, 6.45) is 9.66. The van der Waals surface area contributed by atoms with E-state index in [4.69, 9.17) is 5.11 Å². The minimum Gasteiger partial charge on any atom is -0.508 e. The van der Waals surface area contributed by atoms with Gasteiger partial charge in [-0.3, -0.25) is 4.79 Å². The van der Waals surface area contributed by atoms with Crippen LogP contribution in [0.15, 0.2) is 58.7 Å². The molecule has 176 valence electrons. The second kappa shape index (κ2) is 13.7. The smallest absolute Gasteiger partial charge is 0.159 e. The van der Waals surface area contributed by atoms with Crippen molar-refractivity contribution >= 4 is 5.78 Å². The molecule has 1 atom stereocenters. The molecule has 0 heterocycles. The molecule has 0 saturated carbocycles. The summed E-state index contributed by atoms with van der Waals surface area (Å²) in [6, 6.07) is 3.08. The molecular weight excluding hydrogens is 404 g/mol. The fraction of sp³-hybridized carbons (Fsp3) is 0.444. The zero-order valence-electron chi connectivity index (χ0n) is 20.0. The van der Waals surface area contributed by atoms with E-state index in [0.29, 0.717) is 36.0 Å². The lowest BCUT2D eigenvalue weighted by Gasteiger charge is -2.10. The van der Waals surface area contributed by atoms with Crippen molar-refractivity contribution in [1.82, 2.24) is 0 Å². The molecule has 0 aliphatic carbocycles. The van der Waals surface area contributed by atoms with Gasteiger partial charge in [0, 0.05) is 12.0 Å². The zero-order chi connectivity index (χ0) is 24.3. The second-order valence-electron chi connectivity index (χ2n) is 8.69. The van der Waals surface area contributed by atoms with Gasteiger partial charge in [0.1, 0.15) is 11.5 Å². The Morgan fingerprint density at radius 3 is 2.34 bits per heavy atom. The quantitative estimate of drug-likeness (QED) is 0.202. The molecule has 1 unspecified atom stereocenters. The molecule has 1 aromatic carbocycles. The highest BCUT2D eigenvalue weighted by atomic mass is 16.3. The average Bonchev–Trinajstić information content (AvgIpc) is 2.68. The van der Waals surface area contributed by atoms with Gasteiger partial charge in [-0.1, -0.05) is 34.9 Å². The predicted molar refractivity (Wildman–Crippen MR) is 130 cm³/mol. The van der Waals surface area contributed by atoms with Crippen LogP contribution in [0.5, 0.6) is 11.5 Å². The number of rotatable bonds is 12. The molecule has 0 aromatic heterocycles. The number of hydrogen-bond acceptors (Lipinski definition) is 5. The number of hydrogen-bond donors (Lipinski definition) is 4. The fourth-order valence-electron chi connectivity index (χ4n) is 3.42. The molecule has 0 aliphatic heterocycles. The van der Waals surface area contributed by atoms with Gasteiger partial charge in [-0.25, -0.2) is 0 Å². The van der Waals surface area contributed by atoms with Gasteiger partial charge >= 0.3 is 0 Å². The van der Waals surface area contributed by atoms with Crippen molar-refractivity contribution in [2.75, 3.05) is 6.61 Å². The Morgan fingerprint density at radius 2 is 1.69 bits per heavy atom. The van der Waals surface area contributed by atoms with Crippen molar-refractivity contribution in [3.05, 3.63) is 69.9 Å². The Kier molecular flexibility index (Phi) is 11.7. The van der Waals surface area contributed by atoms with Crippen LogP contribution in [-0.4, -0.2) is 38.9 Å². The van der Waals surface area contributed by atoms with E-state index in [9.17, 15) is 20.1 Å². The number of phenolic OH excluding ortho intramolecular Hbond substituents is 2. The highest BCUT2D eigenvalue weighted by Gasteiger charge is 2.07. The molecule has 0 amide bonds. The third-order valence-corrected chi connectivity index (χ3v) is 5.18. The summed E-state index contributed by atoms with van der Waals surface area (Å²) in [7, 11) is 0. The molecule has 0 radical (unpaired) electrons. The maximum atomic E-state index is 11.9. The number of carbonyl (C=O) groups is 1. The summed E-state index contributed by atoms with van der Waals surface area (Å²) in [6.45, 7) is 9.22. The van der Waals surface area contributed by atoms with E-state index < -0.39 is 6.10 Å². The van der Waals surface area contributed by atoms with Crippen molar-refractivity contribution in [3.8, 4) is 11.5 Å². The van der Waals surface area contributed by atoms with Crippen LogP contribution in [0.1, 0.15) is 64.5 Å². The molecular formula is C27H38O5. The number of aliphatic hydroxyl groups excluding tert-OH is 2. The van der Waals surface area contributed by atoms with Crippen LogP contribution in [0.25, 0.3) is 0 Å². The Balaban J connectivity index is 2.54. The van der Waals surface area contributed by atoms with Crippen LogP contribution in [0, 0.1) is 6.92 Å². The highest BCUT2D eigenvalue weighted by molar-refractivity contribution is 5.91. The van der Waals surface area contributed by atoms with Gasteiger partial charge in [-0.05, 0) is 89.6 Å². The molecule has 0 fully saturated rings. The normalized spacial score (nSPS) is 14.6. The minimum atomic E-state index is -0.594. The molecule has 1 rings (SSSR count). The van der Waals surface area contributed by atoms with Gasteiger partial charge in [0.2, 0.25) is 0 Å². The summed E-state index contributed by atoms with van der Waals surface area (Å²) in [5.74, 6) is 0.308. The van der Waals surface area contributed by atoms with E-state index in [1.54, 1.807) is 19.9 Å². The minimum absolute atomic E-state index is 0.00977. The molecule has 0 spiro atoms. The zero-order valence-corrected chi connectivity index (χ0v) is 20.0. The van der Waals surface area contributed by atoms with Crippen LogP contribution in [0.2, 0.25) is 0 Å². The first-order chi connectivity index (χ1) is 15.0. The number of allylic oxidation sites excluding steroid dienone is 5. The van der Waals surface area contributed by atoms with Crippen molar-refractivity contribution in [2.24, 2.45) is 0 Å². The lowest BCUT2D eigenvalue weighted by atomic mass is 10.0. The lowest BCUT2D eigenvalue weighted by molar-refractivity contribution is -0.114. The Hall–Kier alpha value is -2.63. The van der Waals surface area contributed by atoms with Crippen LogP contribution < -0.4 is 0 Å². The number of aryl methyl sites for hydroxylation is 1. The van der Waals surface area contributed by atoms with E-state index in [-0.39, 0.29) is 23.9 Å². The van der Waals surface area contributed by atoms with Crippen molar-refractivity contribution in [2.45, 2.75) is 72.8 Å². The Morgan fingerprint density at radius 1 is 1.00 bits per heavy atom. The lowest BCUT2D eigenvalue weighted by Crippen LogP contribution is -2.04. The summed E-state index contributed by atoms with van der Waals surface area (Å²) < 4.78 is 0. The SMILES string of the molecule is C/C(=C/C(=O)C/C(C)=C/CC/C(C)=C/C(O)C/C(C)=C/Cc1cc(O)cc(C)c1O)CO. The van der Waals surface area contributed by atoms with Crippen LogP contribution in [0.3, 0.4) is 0 Å². The third kappa shape index (κ3) is 10.6. The first kappa shape index (κ1) is 27.4. The Labute approximate surface area is 192 Å². The molecule has 32 heavy (non-hydrogen) atoms. The Bertz CT molecular complexity index is 903. The van der Waals surface area contributed by atoms with Crippen LogP contribution in [0.4, 0.5) is 0 Å². The maximum absolute atomic E-state index is 11.9. The monoisotopic (exact) mass is 442 g/mol. The van der Waals surface area contributed by atoms with Crippen molar-refractivity contribution in [3.63, 3.8) is 0 Å². The third-order valence-electron chi connectivity index (χ3n) is 5.18. The summed E-state index contributed by atoms with van der Waals surface area (Å²) in [4.78, 5) is 11.9. The van der Waals surface area contributed by atoms with Gasteiger partial charge in [-0.2, -0.15) is 0 Å². The molecule has 0 saturated heterocycles. The van der Waals surface area contributed by atoms with E-state index in [1.165, 1.54) is 12.1 Å². The average molecular weight is 443 g/mol. The van der Waals surface area contributed by atoms with Gasteiger partial charge in [0.05, 0.1) is 12.7 Å². The fourth-order valence-corrected chi connectivity index (χ4v) is 3.42. The maximum Gasteiger partial charge on any atom is 0.159 e. The number of phenols is 2. The number of aromatic hydroxyl groups is 2. The number of carbonyl (C=O) groups excluding carboxylic acids is 1. The molecule has 1 aromatic rings. The van der Waals surface area contributed by atoms with Gasteiger partial charge in [0.15, 0.2) is 5.78 Å². The highest BCUT2D eigenvalue weighted by Crippen LogP contribution is 2.28. The number of benzene rings is 1. The molecule has 5 heteroatoms. The first-order valence-electron chi connectivity index (χ1n) is 11.0. The molecule has 4 N–H and O–H groups in total. The number of ketones is 1. The largest absolute Gasteiger partial charge is 0.508 e. The standard InChI is InChI=1S/C27H38O5/c1-18(7-6-8-19(2)12-25(30)14-21(4)17-28)11-24(29)13-20(3)9-10-23-16-26(31)15-22(5)27(23)32/h8-9,11,14-16,24,28-29,31-32H,6-7,10,12-13,17H2,1-5H3/b18-11+,19-8+,20-9+,21-14-. The van der Waals surface area contributed by atoms with Gasteiger partial charge < -0.3 is 20.4 Å². The summed E-state index contributed by atoms with van der Waals surface area (Å²) >= 11 is 0. The van der Waals surface area contributed by atoms with Gasteiger partial charge in [-0.15, -0.1) is 0 Å².